The molecule has 0 saturated heterocycles. The number of H-pyrrole nitrogens is 1. The summed E-state index contributed by atoms with van der Waals surface area (Å²) >= 11 is 6.32. The number of halogens is 2. The Kier molecular flexibility index (Phi) is 5.62. The summed E-state index contributed by atoms with van der Waals surface area (Å²) in [6.45, 7) is 3.94. The Labute approximate surface area is 196 Å². The molecule has 33 heavy (non-hydrogen) atoms. The van der Waals surface area contributed by atoms with Gasteiger partial charge < -0.3 is 15.2 Å². The van der Waals surface area contributed by atoms with Gasteiger partial charge in [-0.15, -0.1) is 0 Å². The standard InChI is InChI=1S/C25H26ClFN4O2/c1-13(23-21(26)7-8-22(27)24(23)33)19-11-29-25-18(19)9-15(10-28-25)20-12-30-31(14(20)2)16-3-5-17(32)6-4-16/h7-13,16-17,32-33H,3-6H2,1-2H3,(H,28,29). The molecule has 0 bridgehead atoms. The van der Waals surface area contributed by atoms with Gasteiger partial charge in [0.15, 0.2) is 11.6 Å². The van der Waals surface area contributed by atoms with Crippen molar-refractivity contribution >= 4 is 22.6 Å². The zero-order chi connectivity index (χ0) is 23.3. The molecule has 1 unspecified atom stereocenters. The number of phenolic OH excluding ortho intramolecular Hbond substituents is 1. The third-order valence-corrected chi connectivity index (χ3v) is 7.27. The minimum Gasteiger partial charge on any atom is -0.505 e. The minimum absolute atomic E-state index is 0.205. The van der Waals surface area contributed by atoms with Crippen LogP contribution in [0.5, 0.6) is 5.75 Å². The van der Waals surface area contributed by atoms with Crippen molar-refractivity contribution in [2.75, 3.05) is 0 Å². The summed E-state index contributed by atoms with van der Waals surface area (Å²) in [6, 6.07) is 4.97. The quantitative estimate of drug-likeness (QED) is 0.350. The normalized spacial score (nSPS) is 19.8. The van der Waals surface area contributed by atoms with Crippen LogP contribution in [0.15, 0.2) is 36.8 Å². The maximum absolute atomic E-state index is 14.0. The van der Waals surface area contributed by atoms with Crippen LogP contribution in [0.1, 0.15) is 61.4 Å². The number of aromatic nitrogens is 4. The van der Waals surface area contributed by atoms with Crippen molar-refractivity contribution in [2.24, 2.45) is 0 Å². The Morgan fingerprint density at radius 2 is 1.97 bits per heavy atom. The number of fused-ring (bicyclic) bond motifs is 1. The Bertz CT molecular complexity index is 1320. The van der Waals surface area contributed by atoms with E-state index < -0.39 is 11.6 Å². The lowest BCUT2D eigenvalue weighted by Crippen LogP contribution is -2.22. The summed E-state index contributed by atoms with van der Waals surface area (Å²) in [4.78, 5) is 7.77. The molecule has 1 fully saturated rings. The number of nitrogens with zero attached hydrogens (tertiary/aromatic N) is 3. The topological polar surface area (TPSA) is 87.0 Å². The number of benzene rings is 1. The molecule has 6 nitrogen and oxygen atoms in total. The molecule has 4 aromatic rings. The lowest BCUT2D eigenvalue weighted by atomic mass is 9.91. The maximum Gasteiger partial charge on any atom is 0.165 e. The van der Waals surface area contributed by atoms with E-state index in [4.69, 9.17) is 11.6 Å². The number of aromatic amines is 1. The van der Waals surface area contributed by atoms with Crippen LogP contribution in [0.3, 0.4) is 0 Å². The first kappa shape index (κ1) is 21.9. The maximum atomic E-state index is 14.0. The van der Waals surface area contributed by atoms with Gasteiger partial charge in [0.1, 0.15) is 5.65 Å². The van der Waals surface area contributed by atoms with Crippen molar-refractivity contribution in [3.8, 4) is 16.9 Å². The summed E-state index contributed by atoms with van der Waals surface area (Å²) in [5.74, 6) is -1.47. The van der Waals surface area contributed by atoms with E-state index in [-0.39, 0.29) is 12.0 Å². The van der Waals surface area contributed by atoms with E-state index >= 15 is 0 Å². The fourth-order valence-electron chi connectivity index (χ4n) is 5.03. The van der Waals surface area contributed by atoms with Crippen LogP contribution in [-0.4, -0.2) is 36.1 Å². The van der Waals surface area contributed by atoms with Gasteiger partial charge in [0.2, 0.25) is 0 Å². The predicted octanol–water partition coefficient (Wildman–Crippen LogP) is 5.86. The SMILES string of the molecule is Cc1c(-c2cnc3[nH]cc(C(C)c4c(Cl)ccc(F)c4O)c3c2)cnn1C1CCC(O)CC1. The minimum atomic E-state index is -0.696. The molecule has 0 spiro atoms. The fraction of sp³-hybridized carbons (Fsp3) is 0.360. The molecule has 0 radical (unpaired) electrons. The number of hydrogen-bond acceptors (Lipinski definition) is 4. The summed E-state index contributed by atoms with van der Waals surface area (Å²) in [5, 5.41) is 26.0. The summed E-state index contributed by atoms with van der Waals surface area (Å²) < 4.78 is 16.1. The zero-order valence-corrected chi connectivity index (χ0v) is 19.3. The van der Waals surface area contributed by atoms with E-state index in [1.54, 1.807) is 0 Å². The number of aliphatic hydroxyl groups is 1. The predicted molar refractivity (Wildman–Crippen MR) is 126 cm³/mol. The molecule has 3 heterocycles. The highest BCUT2D eigenvalue weighted by molar-refractivity contribution is 6.31. The second-order valence-corrected chi connectivity index (χ2v) is 9.34. The third kappa shape index (κ3) is 3.79. The molecule has 1 aliphatic rings. The lowest BCUT2D eigenvalue weighted by molar-refractivity contribution is 0.107. The van der Waals surface area contributed by atoms with Crippen LogP contribution < -0.4 is 0 Å². The molecular weight excluding hydrogens is 443 g/mol. The van der Waals surface area contributed by atoms with Crippen molar-refractivity contribution in [1.82, 2.24) is 19.7 Å². The van der Waals surface area contributed by atoms with E-state index in [2.05, 4.69) is 26.7 Å². The molecule has 1 saturated carbocycles. The van der Waals surface area contributed by atoms with Gasteiger partial charge >= 0.3 is 0 Å². The van der Waals surface area contributed by atoms with Crippen LogP contribution in [0, 0.1) is 12.7 Å². The third-order valence-electron chi connectivity index (χ3n) is 6.95. The highest BCUT2D eigenvalue weighted by Crippen LogP contribution is 2.41. The van der Waals surface area contributed by atoms with Gasteiger partial charge in [0, 0.05) is 51.1 Å². The molecule has 3 aromatic heterocycles. The summed E-state index contributed by atoms with van der Waals surface area (Å²) in [5.41, 5.74) is 4.93. The first-order valence-corrected chi connectivity index (χ1v) is 11.6. The Hall–Kier alpha value is -2.90. The average molecular weight is 469 g/mol. The van der Waals surface area contributed by atoms with Crippen LogP contribution in [0.4, 0.5) is 4.39 Å². The van der Waals surface area contributed by atoms with Crippen LogP contribution in [0.25, 0.3) is 22.2 Å². The van der Waals surface area contributed by atoms with E-state index in [9.17, 15) is 14.6 Å². The number of phenols is 1. The number of nitrogens with one attached hydrogen (secondary N) is 1. The lowest BCUT2D eigenvalue weighted by Gasteiger charge is -2.26. The average Bonchev–Trinajstić information content (AvgIpc) is 3.40. The van der Waals surface area contributed by atoms with Crippen molar-refractivity contribution in [3.63, 3.8) is 0 Å². The summed E-state index contributed by atoms with van der Waals surface area (Å²) in [6.07, 6.45) is 8.74. The molecule has 1 aliphatic carbocycles. The highest BCUT2D eigenvalue weighted by Gasteiger charge is 2.25. The highest BCUT2D eigenvalue weighted by atomic mass is 35.5. The number of pyridine rings is 1. The molecular formula is C25H26ClFN4O2. The van der Waals surface area contributed by atoms with Crippen LogP contribution in [-0.2, 0) is 0 Å². The van der Waals surface area contributed by atoms with Gasteiger partial charge in [-0.25, -0.2) is 9.37 Å². The second kappa shape index (κ2) is 8.47. The largest absolute Gasteiger partial charge is 0.505 e. The van der Waals surface area contributed by atoms with Crippen molar-refractivity contribution < 1.29 is 14.6 Å². The number of rotatable bonds is 4. The van der Waals surface area contributed by atoms with Gasteiger partial charge in [0.05, 0.1) is 18.3 Å². The van der Waals surface area contributed by atoms with Crippen molar-refractivity contribution in [2.45, 2.75) is 57.6 Å². The smallest absolute Gasteiger partial charge is 0.165 e. The van der Waals surface area contributed by atoms with Gasteiger partial charge in [-0.3, -0.25) is 4.68 Å². The molecule has 172 valence electrons. The Balaban J connectivity index is 1.53. The first-order chi connectivity index (χ1) is 15.8. The Morgan fingerprint density at radius 3 is 2.73 bits per heavy atom. The molecule has 0 amide bonds. The molecule has 3 N–H and O–H groups in total. The van der Waals surface area contributed by atoms with E-state index in [0.29, 0.717) is 22.3 Å². The Morgan fingerprint density at radius 1 is 1.21 bits per heavy atom. The first-order valence-electron chi connectivity index (χ1n) is 11.2. The zero-order valence-electron chi connectivity index (χ0n) is 18.5. The van der Waals surface area contributed by atoms with E-state index in [1.807, 2.05) is 31.6 Å². The summed E-state index contributed by atoms with van der Waals surface area (Å²) in [7, 11) is 0. The van der Waals surface area contributed by atoms with Gasteiger partial charge in [-0.2, -0.15) is 5.10 Å². The molecule has 1 atom stereocenters. The molecule has 5 rings (SSSR count). The van der Waals surface area contributed by atoms with Crippen molar-refractivity contribution in [1.29, 1.82) is 0 Å². The van der Waals surface area contributed by atoms with Gasteiger partial charge in [0.25, 0.3) is 0 Å². The molecule has 0 aliphatic heterocycles. The monoisotopic (exact) mass is 468 g/mol. The molecule has 8 heteroatoms. The van der Waals surface area contributed by atoms with Crippen LogP contribution >= 0.6 is 11.6 Å². The van der Waals surface area contributed by atoms with E-state index in [0.717, 1.165) is 59.5 Å². The van der Waals surface area contributed by atoms with Crippen molar-refractivity contribution in [3.05, 3.63) is 64.5 Å². The van der Waals surface area contributed by atoms with Gasteiger partial charge in [-0.1, -0.05) is 18.5 Å². The van der Waals surface area contributed by atoms with Crippen LogP contribution in [0.2, 0.25) is 5.02 Å². The van der Waals surface area contributed by atoms with Gasteiger partial charge in [-0.05, 0) is 56.4 Å². The fourth-order valence-corrected chi connectivity index (χ4v) is 5.35. The second-order valence-electron chi connectivity index (χ2n) is 8.93. The molecule has 1 aromatic carbocycles. The van der Waals surface area contributed by atoms with E-state index in [1.165, 1.54) is 6.07 Å². The number of aromatic hydroxyl groups is 1. The number of aliphatic hydroxyl groups excluding tert-OH is 1. The number of hydrogen-bond donors (Lipinski definition) is 3.